The largest absolute Gasteiger partial charge is 0.444 e. The van der Waals surface area contributed by atoms with E-state index in [1.807, 2.05) is 0 Å². The van der Waals surface area contributed by atoms with Crippen LogP contribution in [0.3, 0.4) is 0 Å². The number of likely N-dealkylation sites (tertiary alicyclic amines) is 1. The first-order chi connectivity index (χ1) is 17.7. The van der Waals surface area contributed by atoms with Crippen molar-refractivity contribution in [3.63, 3.8) is 0 Å². The van der Waals surface area contributed by atoms with Crippen LogP contribution < -0.4 is 10.6 Å². The van der Waals surface area contributed by atoms with Crippen LogP contribution in [-0.2, 0) is 26.3 Å². The molecule has 3 atom stereocenters. The Morgan fingerprint density at radius 3 is 2.68 bits per heavy atom. The number of amides is 3. The molecule has 3 amide bonds. The van der Waals surface area contributed by atoms with Gasteiger partial charge in [-0.3, -0.25) is 9.59 Å². The summed E-state index contributed by atoms with van der Waals surface area (Å²) in [4.78, 5) is 40.6. The van der Waals surface area contributed by atoms with E-state index in [0.29, 0.717) is 22.7 Å². The van der Waals surface area contributed by atoms with E-state index < -0.39 is 53.3 Å². The van der Waals surface area contributed by atoms with Gasteiger partial charge in [-0.05, 0) is 48.2 Å². The number of anilines is 1. The van der Waals surface area contributed by atoms with Crippen molar-refractivity contribution >= 4 is 35.2 Å². The van der Waals surface area contributed by atoms with Crippen molar-refractivity contribution in [1.29, 1.82) is 5.26 Å². The second-order valence-corrected chi connectivity index (χ2v) is 10.1. The Bertz CT molecular complexity index is 1310. The lowest BCUT2D eigenvalue weighted by Gasteiger charge is -2.27. The average molecular weight is 529 g/mol. The fourth-order valence-corrected chi connectivity index (χ4v) is 5.27. The second-order valence-electron chi connectivity index (χ2n) is 9.69. The molecule has 1 spiro atoms. The number of nitriles is 1. The number of benzene rings is 2. The maximum Gasteiger partial charge on any atom is 0.408 e. The fourth-order valence-electron chi connectivity index (χ4n) is 5.10. The van der Waals surface area contributed by atoms with Crippen molar-refractivity contribution in [2.75, 3.05) is 11.9 Å². The number of alkyl carbamates (subject to hydrolysis) is 1. The Labute approximate surface area is 216 Å². The topological polar surface area (TPSA) is 112 Å². The van der Waals surface area contributed by atoms with Crippen molar-refractivity contribution in [3.05, 3.63) is 64.2 Å². The van der Waals surface area contributed by atoms with Gasteiger partial charge in [-0.2, -0.15) is 5.26 Å². The van der Waals surface area contributed by atoms with Gasteiger partial charge in [0.2, 0.25) is 11.8 Å². The molecule has 2 aliphatic heterocycles. The number of carbonyl (C=O) groups is 3. The summed E-state index contributed by atoms with van der Waals surface area (Å²) in [6, 6.07) is 8.47. The van der Waals surface area contributed by atoms with Crippen molar-refractivity contribution < 1.29 is 27.9 Å². The Hall–Kier alpha value is -3.71. The highest BCUT2D eigenvalue weighted by molar-refractivity contribution is 6.31. The van der Waals surface area contributed by atoms with Crippen LogP contribution in [0.2, 0.25) is 5.02 Å². The van der Waals surface area contributed by atoms with E-state index >= 15 is 0 Å². The third-order valence-corrected chi connectivity index (χ3v) is 7.47. The summed E-state index contributed by atoms with van der Waals surface area (Å²) in [5.41, 5.74) is -0.336. The van der Waals surface area contributed by atoms with E-state index in [1.54, 1.807) is 18.2 Å². The molecule has 1 saturated carbocycles. The summed E-state index contributed by atoms with van der Waals surface area (Å²) in [6.07, 6.45) is 1.17. The molecular weight excluding hydrogens is 506 g/mol. The maximum atomic E-state index is 13.9. The molecule has 2 aromatic carbocycles. The molecule has 0 aromatic heterocycles. The van der Waals surface area contributed by atoms with Gasteiger partial charge in [-0.25, -0.2) is 13.6 Å². The number of hydrogen-bond acceptors (Lipinski definition) is 5. The molecule has 8 nitrogen and oxygen atoms in total. The van der Waals surface area contributed by atoms with Gasteiger partial charge in [-0.1, -0.05) is 30.5 Å². The zero-order valence-corrected chi connectivity index (χ0v) is 20.4. The summed E-state index contributed by atoms with van der Waals surface area (Å²) in [6.45, 7) is -0.707. The number of rotatable bonds is 6. The second kappa shape index (κ2) is 9.63. The van der Waals surface area contributed by atoms with Crippen LogP contribution >= 0.6 is 11.6 Å². The molecule has 1 saturated heterocycles. The van der Waals surface area contributed by atoms with Gasteiger partial charge in [0.05, 0.1) is 17.0 Å². The first kappa shape index (κ1) is 25.0. The summed E-state index contributed by atoms with van der Waals surface area (Å²) in [7, 11) is 0. The fraction of sp³-hybridized carbons (Fsp3) is 0.385. The molecule has 2 fully saturated rings. The molecule has 5 rings (SSSR count). The standard InChI is InChI=1S/C26H23ClF2N4O4/c27-15-6-7-21-18(9-15)26(24(35)31-21)10-16(11-30)33(13-26)23(34)22(8-14-4-5-14)32-25(36)37-12-17-19(28)2-1-3-20(17)29/h1-3,6-7,9,14,16,22H,4-5,8,10,12-13H2,(H,31,35)(H,32,36)/t16-,22-,26-/m0/s1. The Kier molecular flexibility index (Phi) is 6.50. The third-order valence-electron chi connectivity index (χ3n) is 7.24. The van der Waals surface area contributed by atoms with E-state index in [9.17, 15) is 28.4 Å². The lowest BCUT2D eigenvalue weighted by molar-refractivity contribution is -0.134. The van der Waals surface area contributed by atoms with Crippen LogP contribution in [0, 0.1) is 28.9 Å². The quantitative estimate of drug-likeness (QED) is 0.588. The number of nitrogens with zero attached hydrogens (tertiary/aromatic N) is 2. The molecule has 37 heavy (non-hydrogen) atoms. The summed E-state index contributed by atoms with van der Waals surface area (Å²) < 4.78 is 32.8. The molecule has 192 valence electrons. The number of ether oxygens (including phenoxy) is 1. The molecule has 0 unspecified atom stereocenters. The van der Waals surface area contributed by atoms with Crippen molar-refractivity contribution in [3.8, 4) is 6.07 Å². The van der Waals surface area contributed by atoms with Crippen LogP contribution in [0.1, 0.15) is 36.8 Å². The van der Waals surface area contributed by atoms with Gasteiger partial charge in [0.1, 0.15) is 30.3 Å². The van der Waals surface area contributed by atoms with Crippen LogP contribution in [0.4, 0.5) is 19.3 Å². The molecule has 11 heteroatoms. The highest BCUT2D eigenvalue weighted by Crippen LogP contribution is 2.47. The zero-order chi connectivity index (χ0) is 26.3. The molecule has 1 aliphatic carbocycles. The van der Waals surface area contributed by atoms with Gasteiger partial charge in [0.15, 0.2) is 0 Å². The van der Waals surface area contributed by atoms with Crippen molar-refractivity contribution in [2.45, 2.75) is 49.8 Å². The Morgan fingerprint density at radius 2 is 2.00 bits per heavy atom. The van der Waals surface area contributed by atoms with E-state index in [2.05, 4.69) is 16.7 Å². The molecule has 0 bridgehead atoms. The molecule has 3 aliphatic rings. The van der Waals surface area contributed by atoms with Crippen LogP contribution in [0.25, 0.3) is 0 Å². The van der Waals surface area contributed by atoms with E-state index in [0.717, 1.165) is 25.0 Å². The van der Waals surface area contributed by atoms with Gasteiger partial charge < -0.3 is 20.3 Å². The lowest BCUT2D eigenvalue weighted by atomic mass is 9.80. The molecule has 2 heterocycles. The predicted molar refractivity (Wildman–Crippen MR) is 128 cm³/mol. The minimum atomic E-state index is -1.14. The van der Waals surface area contributed by atoms with Gasteiger partial charge >= 0.3 is 6.09 Å². The SMILES string of the molecule is N#C[C@@H]1C[C@@]2(CN1C(=O)[C@H](CC1CC1)NC(=O)OCc1c(F)cccc1F)C(=O)Nc1ccc(Cl)cc12. The van der Waals surface area contributed by atoms with Gasteiger partial charge in [-0.15, -0.1) is 0 Å². The molecular formula is C26H23ClF2N4O4. The van der Waals surface area contributed by atoms with Crippen LogP contribution in [-0.4, -0.2) is 41.4 Å². The van der Waals surface area contributed by atoms with Crippen molar-refractivity contribution in [1.82, 2.24) is 10.2 Å². The van der Waals surface area contributed by atoms with E-state index in [-0.39, 0.29) is 24.8 Å². The van der Waals surface area contributed by atoms with E-state index in [4.69, 9.17) is 16.3 Å². The number of halogens is 3. The Balaban J connectivity index is 1.34. The first-order valence-corrected chi connectivity index (χ1v) is 12.3. The highest BCUT2D eigenvalue weighted by Gasteiger charge is 2.56. The third kappa shape index (κ3) is 4.71. The highest BCUT2D eigenvalue weighted by atomic mass is 35.5. The summed E-state index contributed by atoms with van der Waals surface area (Å²) in [5, 5.41) is 15.6. The van der Waals surface area contributed by atoms with E-state index in [1.165, 1.54) is 11.0 Å². The molecule has 0 radical (unpaired) electrons. The Morgan fingerprint density at radius 1 is 1.27 bits per heavy atom. The number of carbonyl (C=O) groups excluding carboxylic acids is 3. The predicted octanol–water partition coefficient (Wildman–Crippen LogP) is 4.03. The number of nitrogens with one attached hydrogen (secondary N) is 2. The van der Waals surface area contributed by atoms with Crippen molar-refractivity contribution in [2.24, 2.45) is 5.92 Å². The van der Waals surface area contributed by atoms with Crippen LogP contribution in [0.15, 0.2) is 36.4 Å². The molecule has 2 N–H and O–H groups in total. The number of hydrogen-bond donors (Lipinski definition) is 2. The minimum absolute atomic E-state index is 0.0540. The minimum Gasteiger partial charge on any atom is -0.444 e. The van der Waals surface area contributed by atoms with Gasteiger partial charge in [0, 0.05) is 23.7 Å². The summed E-state index contributed by atoms with van der Waals surface area (Å²) >= 11 is 6.17. The van der Waals surface area contributed by atoms with Gasteiger partial charge in [0.25, 0.3) is 0 Å². The smallest absolute Gasteiger partial charge is 0.408 e. The average Bonchev–Trinajstić information content (AvgIpc) is 3.53. The molecule has 2 aromatic rings. The van der Waals surface area contributed by atoms with Crippen LogP contribution in [0.5, 0.6) is 0 Å². The maximum absolute atomic E-state index is 13.9. The normalized spacial score (nSPS) is 22.8. The zero-order valence-electron chi connectivity index (χ0n) is 19.6. The first-order valence-electron chi connectivity index (χ1n) is 11.9. The number of fused-ring (bicyclic) bond motifs is 2. The summed E-state index contributed by atoms with van der Waals surface area (Å²) in [5.74, 6) is -2.34. The monoisotopic (exact) mass is 528 g/mol. The lowest BCUT2D eigenvalue weighted by Crippen LogP contribution is -2.51.